The Kier molecular flexibility index (Phi) is 5.16. The predicted octanol–water partition coefficient (Wildman–Crippen LogP) is 1.65. The molecule has 0 saturated heterocycles. The molecule has 76 valence electrons. The van der Waals surface area contributed by atoms with E-state index >= 15 is 0 Å². The van der Waals surface area contributed by atoms with Gasteiger partial charge in [0.05, 0.1) is 17.2 Å². The number of aromatic nitrogens is 1. The van der Waals surface area contributed by atoms with Crippen LogP contribution in [0.1, 0.15) is 0 Å². The third-order valence-corrected chi connectivity index (χ3v) is 1.33. The van der Waals surface area contributed by atoms with Crippen LogP contribution in [0.5, 0.6) is 0 Å². The molecule has 14 heavy (non-hydrogen) atoms. The van der Waals surface area contributed by atoms with E-state index in [1.165, 1.54) is 13.2 Å². The second-order valence-corrected chi connectivity index (χ2v) is 2.28. The molecule has 0 aliphatic rings. The van der Waals surface area contributed by atoms with Gasteiger partial charge in [-0.15, -0.1) is 17.3 Å². The SMILES string of the molecule is CN(N=O)C(=O)Nc1cccnc1.Cl. The van der Waals surface area contributed by atoms with E-state index < -0.39 is 6.03 Å². The largest absolute Gasteiger partial charge is 0.344 e. The highest BCUT2D eigenvalue weighted by atomic mass is 35.5. The van der Waals surface area contributed by atoms with E-state index in [0.29, 0.717) is 10.7 Å². The Morgan fingerprint density at radius 2 is 2.36 bits per heavy atom. The standard InChI is InChI=1S/C7H8N4O2.ClH/c1-11(10-13)7(12)9-6-3-2-4-8-5-6;/h2-5H,1H3,(H,9,12);1H. The lowest BCUT2D eigenvalue weighted by atomic mass is 10.4. The zero-order chi connectivity index (χ0) is 9.68. The molecule has 1 rings (SSSR count). The van der Waals surface area contributed by atoms with Crippen LogP contribution in [0.4, 0.5) is 10.5 Å². The van der Waals surface area contributed by atoms with E-state index in [4.69, 9.17) is 0 Å². The van der Waals surface area contributed by atoms with Crippen molar-refractivity contribution in [2.24, 2.45) is 5.29 Å². The number of pyridine rings is 1. The molecule has 1 aromatic rings. The Bertz CT molecular complexity index is 306. The summed E-state index contributed by atoms with van der Waals surface area (Å²) in [6.07, 6.45) is 3.05. The van der Waals surface area contributed by atoms with Gasteiger partial charge in [0.25, 0.3) is 0 Å². The summed E-state index contributed by atoms with van der Waals surface area (Å²) >= 11 is 0. The average Bonchev–Trinajstić information content (AvgIpc) is 2.18. The molecule has 0 aliphatic carbocycles. The second kappa shape index (κ2) is 5.87. The Morgan fingerprint density at radius 1 is 1.64 bits per heavy atom. The maximum absolute atomic E-state index is 11.0. The molecule has 7 heteroatoms. The van der Waals surface area contributed by atoms with E-state index in [2.05, 4.69) is 15.6 Å². The van der Waals surface area contributed by atoms with Gasteiger partial charge in [-0.25, -0.2) is 4.79 Å². The molecule has 0 atom stereocenters. The van der Waals surface area contributed by atoms with Crippen molar-refractivity contribution >= 4 is 24.1 Å². The third kappa shape index (κ3) is 3.36. The van der Waals surface area contributed by atoms with Gasteiger partial charge in [0.15, 0.2) is 0 Å². The van der Waals surface area contributed by atoms with Crippen LogP contribution in [-0.4, -0.2) is 23.1 Å². The van der Waals surface area contributed by atoms with Gasteiger partial charge in [0.1, 0.15) is 0 Å². The van der Waals surface area contributed by atoms with E-state index in [0.717, 1.165) is 0 Å². The first kappa shape index (κ1) is 12.3. The summed E-state index contributed by atoms with van der Waals surface area (Å²) < 4.78 is 0. The molecule has 0 bridgehead atoms. The summed E-state index contributed by atoms with van der Waals surface area (Å²) in [6, 6.07) is 2.73. The van der Waals surface area contributed by atoms with Gasteiger partial charge in [-0.3, -0.25) is 4.98 Å². The summed E-state index contributed by atoms with van der Waals surface area (Å²) in [5.74, 6) is 0. The Morgan fingerprint density at radius 3 is 2.86 bits per heavy atom. The molecule has 0 unspecified atom stereocenters. The van der Waals surface area contributed by atoms with Crippen LogP contribution >= 0.6 is 12.4 Å². The first-order valence-corrected chi connectivity index (χ1v) is 3.52. The summed E-state index contributed by atoms with van der Waals surface area (Å²) in [6.45, 7) is 0. The minimum atomic E-state index is -0.594. The van der Waals surface area contributed by atoms with Gasteiger partial charge in [-0.2, -0.15) is 5.01 Å². The smallest absolute Gasteiger partial charge is 0.305 e. The van der Waals surface area contributed by atoms with Crippen LogP contribution in [0, 0.1) is 4.91 Å². The molecular weight excluding hydrogens is 208 g/mol. The van der Waals surface area contributed by atoms with Crippen molar-refractivity contribution in [1.29, 1.82) is 0 Å². The number of nitrogens with one attached hydrogen (secondary N) is 1. The molecule has 2 amide bonds. The molecule has 1 aromatic heterocycles. The number of anilines is 1. The Hall–Kier alpha value is -1.69. The maximum Gasteiger partial charge on any atom is 0.344 e. The highest BCUT2D eigenvalue weighted by Crippen LogP contribution is 2.03. The lowest BCUT2D eigenvalue weighted by Crippen LogP contribution is -2.26. The summed E-state index contributed by atoms with van der Waals surface area (Å²) in [4.78, 5) is 24.8. The van der Waals surface area contributed by atoms with Crippen molar-refractivity contribution < 1.29 is 4.79 Å². The minimum Gasteiger partial charge on any atom is -0.305 e. The van der Waals surface area contributed by atoms with E-state index in [1.54, 1.807) is 18.3 Å². The number of halogens is 1. The fourth-order valence-corrected chi connectivity index (χ4v) is 0.678. The van der Waals surface area contributed by atoms with Crippen molar-refractivity contribution in [2.75, 3.05) is 12.4 Å². The summed E-state index contributed by atoms with van der Waals surface area (Å²) in [7, 11) is 1.26. The molecule has 1 N–H and O–H groups in total. The molecule has 0 fully saturated rings. The normalized spacial score (nSPS) is 8.36. The average molecular weight is 217 g/mol. The number of nitroso groups, excluding NO2 is 1. The Balaban J connectivity index is 0.00000169. The number of amides is 2. The second-order valence-electron chi connectivity index (χ2n) is 2.28. The van der Waals surface area contributed by atoms with Crippen LogP contribution in [0.3, 0.4) is 0 Å². The molecule has 0 aromatic carbocycles. The summed E-state index contributed by atoms with van der Waals surface area (Å²) in [5, 5.41) is 5.52. The van der Waals surface area contributed by atoms with Crippen LogP contribution in [0.2, 0.25) is 0 Å². The zero-order valence-corrected chi connectivity index (χ0v) is 8.19. The topological polar surface area (TPSA) is 74.7 Å². The van der Waals surface area contributed by atoms with Crippen molar-refractivity contribution in [1.82, 2.24) is 9.99 Å². The highest BCUT2D eigenvalue weighted by Gasteiger charge is 2.07. The number of carbonyl (C=O) groups excluding carboxylic acids is 1. The Labute approximate surface area is 86.7 Å². The van der Waals surface area contributed by atoms with Gasteiger partial charge < -0.3 is 5.32 Å². The van der Waals surface area contributed by atoms with Crippen molar-refractivity contribution in [2.45, 2.75) is 0 Å². The number of hydrogen-bond donors (Lipinski definition) is 1. The summed E-state index contributed by atoms with van der Waals surface area (Å²) in [5.41, 5.74) is 0.517. The quantitative estimate of drug-likeness (QED) is 0.603. The van der Waals surface area contributed by atoms with Crippen molar-refractivity contribution in [3.63, 3.8) is 0 Å². The van der Waals surface area contributed by atoms with Crippen LogP contribution < -0.4 is 5.32 Å². The first-order chi connectivity index (χ1) is 6.24. The van der Waals surface area contributed by atoms with E-state index in [-0.39, 0.29) is 12.4 Å². The lowest BCUT2D eigenvalue weighted by molar-refractivity contribution is 0.224. The molecule has 0 spiro atoms. The highest BCUT2D eigenvalue weighted by molar-refractivity contribution is 5.88. The number of carbonyl (C=O) groups is 1. The molecule has 1 heterocycles. The third-order valence-electron chi connectivity index (χ3n) is 1.33. The van der Waals surface area contributed by atoms with Crippen LogP contribution in [-0.2, 0) is 0 Å². The van der Waals surface area contributed by atoms with E-state index in [9.17, 15) is 9.70 Å². The van der Waals surface area contributed by atoms with Gasteiger partial charge >= 0.3 is 6.03 Å². The monoisotopic (exact) mass is 216 g/mol. The van der Waals surface area contributed by atoms with Gasteiger partial charge in [0.2, 0.25) is 0 Å². The lowest BCUT2D eigenvalue weighted by Gasteiger charge is -2.07. The van der Waals surface area contributed by atoms with Gasteiger partial charge in [0, 0.05) is 13.2 Å². The predicted molar refractivity (Wildman–Crippen MR) is 54.1 cm³/mol. The zero-order valence-electron chi connectivity index (χ0n) is 7.38. The fourth-order valence-electron chi connectivity index (χ4n) is 0.678. The van der Waals surface area contributed by atoms with E-state index in [1.807, 2.05) is 0 Å². The molecule has 6 nitrogen and oxygen atoms in total. The number of nitrogens with zero attached hydrogens (tertiary/aromatic N) is 3. The fraction of sp³-hybridized carbons (Fsp3) is 0.143. The molecule has 0 saturated carbocycles. The first-order valence-electron chi connectivity index (χ1n) is 3.52. The van der Waals surface area contributed by atoms with Crippen molar-refractivity contribution in [3.8, 4) is 0 Å². The van der Waals surface area contributed by atoms with Crippen molar-refractivity contribution in [3.05, 3.63) is 29.4 Å². The molecule has 0 aliphatic heterocycles. The van der Waals surface area contributed by atoms with Crippen LogP contribution in [0.15, 0.2) is 29.8 Å². The van der Waals surface area contributed by atoms with Gasteiger partial charge in [-0.05, 0) is 12.1 Å². The van der Waals surface area contributed by atoms with Gasteiger partial charge in [-0.1, -0.05) is 0 Å². The van der Waals surface area contributed by atoms with Crippen LogP contribution in [0.25, 0.3) is 0 Å². The number of urea groups is 1. The number of hydrogen-bond acceptors (Lipinski definition) is 4. The maximum atomic E-state index is 11.0. The number of rotatable bonds is 2. The minimum absolute atomic E-state index is 0. The molecular formula is C7H9ClN4O2. The molecule has 0 radical (unpaired) electrons.